The quantitative estimate of drug-likeness (QED) is 0.642. The second-order valence-corrected chi connectivity index (χ2v) is 10.8. The molecular weight excluding hydrogens is 340 g/mol. The SMILES string of the molecule is CCC1=Cc2ccccc2[CH]1.[Br][Ti][Br]. The van der Waals surface area contributed by atoms with Gasteiger partial charge < -0.3 is 0 Å². The van der Waals surface area contributed by atoms with Crippen molar-refractivity contribution in [3.05, 3.63) is 47.4 Å². The second kappa shape index (κ2) is 7.00. The molecule has 1 radical (unpaired) electrons. The summed E-state index contributed by atoms with van der Waals surface area (Å²) in [6.45, 7) is 2.19. The molecule has 1 aliphatic rings. The van der Waals surface area contributed by atoms with E-state index in [1.807, 2.05) is 0 Å². The van der Waals surface area contributed by atoms with Gasteiger partial charge >= 0.3 is 41.3 Å². The zero-order valence-electron chi connectivity index (χ0n) is 7.93. The Kier molecular flexibility index (Phi) is 6.35. The van der Waals surface area contributed by atoms with Crippen molar-refractivity contribution in [3.8, 4) is 0 Å². The molecule has 1 aromatic carbocycles. The van der Waals surface area contributed by atoms with Crippen LogP contribution in [-0.2, 0) is 15.0 Å². The number of fused-ring (bicyclic) bond motifs is 1. The van der Waals surface area contributed by atoms with Crippen LogP contribution in [0.5, 0.6) is 0 Å². The third-order valence-electron chi connectivity index (χ3n) is 2.09. The van der Waals surface area contributed by atoms with Crippen LogP contribution in [0.4, 0.5) is 0 Å². The van der Waals surface area contributed by atoms with Crippen LogP contribution in [-0.4, -0.2) is 0 Å². The molecule has 0 amide bonds. The van der Waals surface area contributed by atoms with Crippen molar-refractivity contribution in [2.24, 2.45) is 0 Å². The molecule has 0 aromatic heterocycles. The monoisotopic (exact) mass is 349 g/mol. The van der Waals surface area contributed by atoms with E-state index in [-0.39, 0.29) is 15.0 Å². The normalized spacial score (nSPS) is 12.4. The van der Waals surface area contributed by atoms with Gasteiger partial charge in [-0.1, -0.05) is 42.8 Å². The molecule has 2 rings (SSSR count). The van der Waals surface area contributed by atoms with E-state index in [0.29, 0.717) is 0 Å². The Hall–Kier alpha value is 0.634. The first-order chi connectivity index (χ1) is 6.81. The average molecular weight is 351 g/mol. The van der Waals surface area contributed by atoms with Crippen LogP contribution in [0, 0.1) is 6.42 Å². The standard InChI is InChI=1S/C11H11.2BrH.Ti/c1-2-9-7-10-5-3-4-6-11(10)8-9;;;/h3-8H,2H2,1H3;2*1H;/q;;;+2/p-2. The first-order valence-corrected chi connectivity index (χ1v) is 12.1. The molecule has 0 saturated carbocycles. The molecular formula is C11H11Br2Ti. The fourth-order valence-corrected chi connectivity index (χ4v) is 1.42. The van der Waals surface area contributed by atoms with Gasteiger partial charge in [-0.25, -0.2) is 0 Å². The van der Waals surface area contributed by atoms with Gasteiger partial charge in [0, 0.05) is 6.42 Å². The van der Waals surface area contributed by atoms with Gasteiger partial charge in [-0.3, -0.25) is 0 Å². The summed E-state index contributed by atoms with van der Waals surface area (Å²) in [7, 11) is 0. The van der Waals surface area contributed by atoms with Gasteiger partial charge in [-0.15, -0.1) is 0 Å². The zero-order valence-corrected chi connectivity index (χ0v) is 12.7. The van der Waals surface area contributed by atoms with Gasteiger partial charge in [0.15, 0.2) is 0 Å². The van der Waals surface area contributed by atoms with Crippen LogP contribution in [0.25, 0.3) is 6.08 Å². The predicted molar refractivity (Wildman–Crippen MR) is 66.0 cm³/mol. The molecule has 0 spiro atoms. The van der Waals surface area contributed by atoms with Crippen LogP contribution < -0.4 is 0 Å². The number of hydrogen-bond donors (Lipinski definition) is 0. The van der Waals surface area contributed by atoms with Gasteiger partial charge in [0.25, 0.3) is 0 Å². The Balaban J connectivity index is 0.000000293. The third-order valence-corrected chi connectivity index (χ3v) is 2.09. The van der Waals surface area contributed by atoms with Crippen molar-refractivity contribution in [2.75, 3.05) is 0 Å². The van der Waals surface area contributed by atoms with Crippen molar-refractivity contribution >= 4 is 32.4 Å². The molecule has 0 saturated heterocycles. The predicted octanol–water partition coefficient (Wildman–Crippen LogP) is 4.73. The molecule has 0 fully saturated rings. The Labute approximate surface area is 107 Å². The molecule has 0 unspecified atom stereocenters. The van der Waals surface area contributed by atoms with Crippen molar-refractivity contribution in [3.63, 3.8) is 0 Å². The maximum absolute atomic E-state index is 3.19. The molecule has 0 aliphatic heterocycles. The average Bonchev–Trinajstić information content (AvgIpc) is 2.61. The van der Waals surface area contributed by atoms with Crippen LogP contribution in [0.15, 0.2) is 29.8 Å². The molecule has 0 bridgehead atoms. The summed E-state index contributed by atoms with van der Waals surface area (Å²) in [4.78, 5) is 0. The Morgan fingerprint density at radius 1 is 1.14 bits per heavy atom. The molecule has 0 N–H and O–H groups in total. The van der Waals surface area contributed by atoms with Crippen molar-refractivity contribution in [1.29, 1.82) is 0 Å². The van der Waals surface area contributed by atoms with Crippen LogP contribution in [0.1, 0.15) is 24.5 Å². The van der Waals surface area contributed by atoms with Crippen molar-refractivity contribution < 1.29 is 15.0 Å². The molecule has 1 aliphatic carbocycles. The van der Waals surface area contributed by atoms with E-state index in [1.54, 1.807) is 0 Å². The fourth-order valence-electron chi connectivity index (χ4n) is 1.42. The number of hydrogen-bond acceptors (Lipinski definition) is 0. The van der Waals surface area contributed by atoms with E-state index in [2.05, 4.69) is 70.0 Å². The summed E-state index contributed by atoms with van der Waals surface area (Å²) in [5.41, 5.74) is 4.17. The molecule has 1 aromatic rings. The van der Waals surface area contributed by atoms with Crippen LogP contribution in [0.2, 0.25) is 0 Å². The van der Waals surface area contributed by atoms with Gasteiger partial charge in [0.05, 0.1) is 0 Å². The molecule has 0 atom stereocenters. The summed E-state index contributed by atoms with van der Waals surface area (Å²) in [6.07, 6.45) is 5.65. The number of allylic oxidation sites excluding steroid dienone is 1. The van der Waals surface area contributed by atoms with E-state index in [4.69, 9.17) is 0 Å². The Bertz CT molecular complexity index is 321. The summed E-state index contributed by atoms with van der Waals surface area (Å²) < 4.78 is 0. The first kappa shape index (κ1) is 12.7. The minimum absolute atomic E-state index is 0.125. The van der Waals surface area contributed by atoms with Gasteiger partial charge in [0.1, 0.15) is 0 Å². The summed E-state index contributed by atoms with van der Waals surface area (Å²) in [6, 6.07) is 8.49. The van der Waals surface area contributed by atoms with E-state index < -0.39 is 0 Å². The molecule has 3 heteroatoms. The van der Waals surface area contributed by atoms with Gasteiger partial charge in [-0.05, 0) is 17.5 Å². The molecule has 14 heavy (non-hydrogen) atoms. The molecule has 0 heterocycles. The first-order valence-electron chi connectivity index (χ1n) is 4.42. The zero-order chi connectivity index (χ0) is 10.4. The summed E-state index contributed by atoms with van der Waals surface area (Å²) in [5.74, 6) is 0. The third kappa shape index (κ3) is 3.65. The number of halogens is 2. The van der Waals surface area contributed by atoms with Crippen LogP contribution in [0.3, 0.4) is 0 Å². The second-order valence-electron chi connectivity index (χ2n) is 2.92. The van der Waals surface area contributed by atoms with E-state index in [9.17, 15) is 0 Å². The molecule has 73 valence electrons. The maximum atomic E-state index is 3.19. The van der Waals surface area contributed by atoms with Crippen LogP contribution >= 0.6 is 26.3 Å². The summed E-state index contributed by atoms with van der Waals surface area (Å²) >= 11 is 6.50. The fraction of sp³-hybridized carbons (Fsp3) is 0.182. The Morgan fingerprint density at radius 2 is 1.71 bits per heavy atom. The number of rotatable bonds is 1. The summed E-state index contributed by atoms with van der Waals surface area (Å²) in [5, 5.41) is 0. The van der Waals surface area contributed by atoms with Crippen molar-refractivity contribution in [1.82, 2.24) is 0 Å². The van der Waals surface area contributed by atoms with E-state index >= 15 is 0 Å². The molecule has 0 nitrogen and oxygen atoms in total. The topological polar surface area (TPSA) is 0 Å². The van der Waals surface area contributed by atoms with Gasteiger partial charge in [-0.2, -0.15) is 0 Å². The minimum atomic E-state index is 0.125. The van der Waals surface area contributed by atoms with Crippen molar-refractivity contribution in [2.45, 2.75) is 13.3 Å². The van der Waals surface area contributed by atoms with E-state index in [0.717, 1.165) is 6.42 Å². The number of benzene rings is 1. The van der Waals surface area contributed by atoms with E-state index in [1.165, 1.54) is 16.7 Å². The van der Waals surface area contributed by atoms with Gasteiger partial charge in [0.2, 0.25) is 0 Å². The Morgan fingerprint density at radius 3 is 2.21 bits per heavy atom.